The predicted molar refractivity (Wildman–Crippen MR) is 123 cm³/mol. The van der Waals surface area contributed by atoms with Gasteiger partial charge in [0.25, 0.3) is 0 Å². The Morgan fingerprint density at radius 2 is 1.94 bits per heavy atom. The molecule has 3 aromatic rings. The van der Waals surface area contributed by atoms with E-state index in [-0.39, 0.29) is 23.7 Å². The Hall–Kier alpha value is -3.82. The third-order valence-corrected chi connectivity index (χ3v) is 5.88. The first-order chi connectivity index (χ1) is 16.4. The van der Waals surface area contributed by atoms with Gasteiger partial charge in [0.2, 0.25) is 5.91 Å². The molecule has 1 aliphatic heterocycles. The second-order valence-corrected chi connectivity index (χ2v) is 8.54. The van der Waals surface area contributed by atoms with Crippen molar-refractivity contribution in [3.05, 3.63) is 54.5 Å². The molecule has 1 aliphatic rings. The molecule has 0 aliphatic carbocycles. The molecule has 0 unspecified atom stereocenters. The topological polar surface area (TPSA) is 113 Å². The number of ether oxygens (including phenoxy) is 1. The Morgan fingerprint density at radius 3 is 2.62 bits per heavy atom. The van der Waals surface area contributed by atoms with Crippen LogP contribution in [0.1, 0.15) is 38.6 Å². The summed E-state index contributed by atoms with van der Waals surface area (Å²) < 4.78 is 18.2. The average Bonchev–Trinajstić information content (AvgIpc) is 3.51. The van der Waals surface area contributed by atoms with Gasteiger partial charge >= 0.3 is 6.09 Å². The number of alkyl carbamates (subject to hydrolysis) is 1. The second-order valence-electron chi connectivity index (χ2n) is 8.54. The summed E-state index contributed by atoms with van der Waals surface area (Å²) >= 11 is 0. The molecule has 0 spiro atoms. The maximum atomic E-state index is 13.5. The minimum absolute atomic E-state index is 0.103. The van der Waals surface area contributed by atoms with Crippen LogP contribution in [-0.2, 0) is 9.53 Å². The van der Waals surface area contributed by atoms with Gasteiger partial charge in [-0.1, -0.05) is 26.0 Å². The van der Waals surface area contributed by atoms with E-state index in [1.54, 1.807) is 35.6 Å². The highest BCUT2D eigenvalue weighted by atomic mass is 19.1. The first-order valence-corrected chi connectivity index (χ1v) is 11.2. The van der Waals surface area contributed by atoms with Crippen LogP contribution >= 0.6 is 0 Å². The first-order valence-electron chi connectivity index (χ1n) is 11.2. The molecule has 2 amide bonds. The molecule has 1 aromatic carbocycles. The average molecular weight is 467 g/mol. The molecular weight excluding hydrogens is 439 g/mol. The lowest BCUT2D eigenvalue weighted by atomic mass is 10.0. The number of H-pyrrole nitrogens is 1. The summed E-state index contributed by atoms with van der Waals surface area (Å²) in [6, 6.07) is 5.20. The summed E-state index contributed by atoms with van der Waals surface area (Å²) in [6.07, 6.45) is 5.94. The molecule has 178 valence electrons. The van der Waals surface area contributed by atoms with Crippen molar-refractivity contribution in [2.45, 2.75) is 38.8 Å². The van der Waals surface area contributed by atoms with Crippen molar-refractivity contribution >= 4 is 12.0 Å². The van der Waals surface area contributed by atoms with E-state index in [1.165, 1.54) is 19.2 Å². The Morgan fingerprint density at radius 1 is 1.18 bits per heavy atom. The molecule has 0 bridgehead atoms. The maximum Gasteiger partial charge on any atom is 0.407 e. The summed E-state index contributed by atoms with van der Waals surface area (Å²) in [5, 5.41) is 2.65. The SMILES string of the molecule is COC(=O)N[C@H](C(=O)N1CCC[C@H]1c1ncc(-c2cnc(-c3cccc(F)c3)nc2)[nH]1)C(C)C. The molecule has 1 saturated heterocycles. The zero-order valence-corrected chi connectivity index (χ0v) is 19.3. The van der Waals surface area contributed by atoms with Crippen LogP contribution in [0.15, 0.2) is 42.9 Å². The lowest BCUT2D eigenvalue weighted by Gasteiger charge is -2.30. The number of nitrogens with zero attached hydrogens (tertiary/aromatic N) is 4. The number of likely N-dealkylation sites (tertiary alicyclic amines) is 1. The number of aromatic nitrogens is 4. The molecule has 34 heavy (non-hydrogen) atoms. The fourth-order valence-corrected chi connectivity index (χ4v) is 4.09. The zero-order chi connectivity index (χ0) is 24.2. The molecule has 9 nitrogen and oxygen atoms in total. The fraction of sp³-hybridized carbons (Fsp3) is 0.375. The number of carbonyl (C=O) groups excluding carboxylic acids is 2. The van der Waals surface area contributed by atoms with E-state index in [9.17, 15) is 14.0 Å². The van der Waals surface area contributed by atoms with Crippen molar-refractivity contribution in [1.29, 1.82) is 0 Å². The molecular formula is C24H27FN6O3. The van der Waals surface area contributed by atoms with E-state index >= 15 is 0 Å². The number of methoxy groups -OCH3 is 1. The highest BCUT2D eigenvalue weighted by molar-refractivity contribution is 5.86. The summed E-state index contributed by atoms with van der Waals surface area (Å²) in [4.78, 5) is 43.3. The zero-order valence-electron chi connectivity index (χ0n) is 19.3. The number of nitrogens with one attached hydrogen (secondary N) is 2. The number of aromatic amines is 1. The number of imidazole rings is 1. The van der Waals surface area contributed by atoms with Gasteiger partial charge in [-0.05, 0) is 30.9 Å². The second kappa shape index (κ2) is 9.98. The normalized spacial score (nSPS) is 16.5. The number of carbonyl (C=O) groups is 2. The Labute approximate surface area is 196 Å². The van der Waals surface area contributed by atoms with E-state index in [4.69, 9.17) is 0 Å². The number of amides is 2. The van der Waals surface area contributed by atoms with Crippen LogP contribution in [0.5, 0.6) is 0 Å². The molecule has 4 rings (SSSR count). The van der Waals surface area contributed by atoms with Gasteiger partial charge in [0.15, 0.2) is 5.82 Å². The van der Waals surface area contributed by atoms with E-state index in [1.807, 2.05) is 13.8 Å². The lowest BCUT2D eigenvalue weighted by Crippen LogP contribution is -2.51. The van der Waals surface area contributed by atoms with Gasteiger partial charge in [-0.2, -0.15) is 0 Å². The van der Waals surface area contributed by atoms with Crippen molar-refractivity contribution in [3.8, 4) is 22.6 Å². The maximum absolute atomic E-state index is 13.5. The third kappa shape index (κ3) is 4.90. The molecule has 0 radical (unpaired) electrons. The molecule has 10 heteroatoms. The number of halogens is 1. The molecule has 1 fully saturated rings. The summed E-state index contributed by atoms with van der Waals surface area (Å²) in [5.41, 5.74) is 2.03. The highest BCUT2D eigenvalue weighted by Gasteiger charge is 2.37. The van der Waals surface area contributed by atoms with Crippen LogP contribution in [0.4, 0.5) is 9.18 Å². The van der Waals surface area contributed by atoms with Crippen molar-refractivity contribution < 1.29 is 18.7 Å². The molecule has 3 heterocycles. The quantitative estimate of drug-likeness (QED) is 0.573. The van der Waals surface area contributed by atoms with Crippen LogP contribution < -0.4 is 5.32 Å². The van der Waals surface area contributed by atoms with E-state index in [2.05, 4.69) is 30.0 Å². The van der Waals surface area contributed by atoms with Gasteiger partial charge in [-0.3, -0.25) is 4.79 Å². The standard InChI is InChI=1S/C24H27FN6O3/c1-14(2)20(30-24(33)34-3)23(32)31-9-5-8-19(31)22-28-13-18(29-22)16-11-26-21(27-12-16)15-6-4-7-17(25)10-15/h4,6-7,10-14,19-20H,5,8-9H2,1-3H3,(H,28,29)(H,30,33)/t19-,20-/m0/s1. The lowest BCUT2D eigenvalue weighted by molar-refractivity contribution is -0.135. The van der Waals surface area contributed by atoms with E-state index < -0.39 is 12.1 Å². The van der Waals surface area contributed by atoms with E-state index in [0.717, 1.165) is 18.4 Å². The van der Waals surface area contributed by atoms with Crippen LogP contribution in [-0.4, -0.2) is 56.5 Å². The van der Waals surface area contributed by atoms with Crippen molar-refractivity contribution in [1.82, 2.24) is 30.2 Å². The fourth-order valence-electron chi connectivity index (χ4n) is 4.09. The summed E-state index contributed by atoms with van der Waals surface area (Å²) in [7, 11) is 1.27. The first kappa shape index (κ1) is 23.3. The summed E-state index contributed by atoms with van der Waals surface area (Å²) in [5.74, 6) is 0.474. The van der Waals surface area contributed by atoms with Crippen LogP contribution in [0.25, 0.3) is 22.6 Å². The predicted octanol–water partition coefficient (Wildman–Crippen LogP) is 3.72. The van der Waals surface area contributed by atoms with Crippen LogP contribution in [0.3, 0.4) is 0 Å². The minimum atomic E-state index is -0.689. The number of benzene rings is 1. The number of hydrogen-bond donors (Lipinski definition) is 2. The van der Waals surface area contributed by atoms with Gasteiger partial charge in [-0.15, -0.1) is 0 Å². The van der Waals surface area contributed by atoms with Gasteiger partial charge < -0.3 is 19.9 Å². The molecule has 2 atom stereocenters. The van der Waals surface area contributed by atoms with Crippen molar-refractivity contribution in [2.24, 2.45) is 5.92 Å². The van der Waals surface area contributed by atoms with Gasteiger partial charge in [0.1, 0.15) is 17.7 Å². The van der Waals surface area contributed by atoms with Crippen LogP contribution in [0, 0.1) is 11.7 Å². The number of hydrogen-bond acceptors (Lipinski definition) is 6. The Kier molecular flexibility index (Phi) is 6.85. The molecule has 2 aromatic heterocycles. The van der Waals surface area contributed by atoms with Gasteiger partial charge in [0.05, 0.1) is 25.0 Å². The van der Waals surface area contributed by atoms with Gasteiger partial charge in [0, 0.05) is 30.1 Å². The Bertz CT molecular complexity index is 1160. The highest BCUT2D eigenvalue weighted by Crippen LogP contribution is 2.32. The smallest absolute Gasteiger partial charge is 0.407 e. The van der Waals surface area contributed by atoms with Gasteiger partial charge in [-0.25, -0.2) is 24.1 Å². The van der Waals surface area contributed by atoms with E-state index in [0.29, 0.717) is 29.5 Å². The molecule has 0 saturated carbocycles. The number of rotatable bonds is 6. The summed E-state index contributed by atoms with van der Waals surface area (Å²) in [6.45, 7) is 4.33. The molecule has 2 N–H and O–H groups in total. The van der Waals surface area contributed by atoms with Crippen LogP contribution in [0.2, 0.25) is 0 Å². The minimum Gasteiger partial charge on any atom is -0.453 e. The van der Waals surface area contributed by atoms with Crippen molar-refractivity contribution in [2.75, 3.05) is 13.7 Å². The Balaban J connectivity index is 1.51. The van der Waals surface area contributed by atoms with Crippen molar-refractivity contribution in [3.63, 3.8) is 0 Å². The largest absolute Gasteiger partial charge is 0.453 e. The monoisotopic (exact) mass is 466 g/mol. The third-order valence-electron chi connectivity index (χ3n) is 5.88.